The average Bonchev–Trinajstić information content (AvgIpc) is 3.49. The first kappa shape index (κ1) is 21.0. The minimum Gasteiger partial charge on any atom is -0.495 e. The third-order valence-corrected chi connectivity index (χ3v) is 5.91. The largest absolute Gasteiger partial charge is 0.495 e. The van der Waals surface area contributed by atoms with Gasteiger partial charge in [-0.25, -0.2) is 19.5 Å². The summed E-state index contributed by atoms with van der Waals surface area (Å²) in [7, 11) is 1.56. The summed E-state index contributed by atoms with van der Waals surface area (Å²) in [5.74, 6) is 1.08. The average molecular weight is 447 g/mol. The molecule has 0 saturated carbocycles. The van der Waals surface area contributed by atoms with Gasteiger partial charge in [0.05, 0.1) is 30.5 Å². The number of nitrogens with one attached hydrogen (secondary N) is 1. The number of hydrogen-bond acceptors (Lipinski definition) is 8. The van der Waals surface area contributed by atoms with Crippen LogP contribution in [0.2, 0.25) is 0 Å². The Balaban J connectivity index is 1.64. The lowest BCUT2D eigenvalue weighted by Crippen LogP contribution is -2.30. The molecular weight excluding hydrogens is 422 g/mol. The number of carbonyl (C=O) groups is 1. The van der Waals surface area contributed by atoms with E-state index >= 15 is 0 Å². The number of methoxy groups -OCH3 is 1. The molecule has 3 N–H and O–H groups in total. The Morgan fingerprint density at radius 1 is 1.27 bits per heavy atom. The van der Waals surface area contributed by atoms with E-state index in [2.05, 4.69) is 15.3 Å². The predicted octanol–water partition coefficient (Wildman–Crippen LogP) is 3.29. The molecule has 10 nitrogen and oxygen atoms in total. The molecule has 5 rings (SSSR count). The van der Waals surface area contributed by atoms with Gasteiger partial charge in [-0.3, -0.25) is 4.79 Å². The highest BCUT2D eigenvalue weighted by Gasteiger charge is 2.25. The maximum absolute atomic E-state index is 12.4. The molecule has 1 saturated heterocycles. The van der Waals surface area contributed by atoms with Crippen LogP contribution in [0.25, 0.3) is 22.3 Å². The van der Waals surface area contributed by atoms with E-state index in [1.54, 1.807) is 19.2 Å². The van der Waals surface area contributed by atoms with Crippen LogP contribution in [0.1, 0.15) is 25.8 Å². The fraction of sp³-hybridized carbons (Fsp3) is 0.304. The molecule has 4 aromatic rings. The number of nitrogen functional groups attached to an aromatic ring is 1. The summed E-state index contributed by atoms with van der Waals surface area (Å²) >= 11 is 0. The van der Waals surface area contributed by atoms with Crippen LogP contribution in [0.5, 0.6) is 5.75 Å². The molecule has 1 aromatic carbocycles. The highest BCUT2D eigenvalue weighted by atomic mass is 16.5. The standard InChI is InChI=1S/C23H25N7O3/c1-14(31)29(19-4-3-11-33-19)17-6-5-15(12-18(17)32-2)21-20-22(24)26-13-27-23(20)30(28-21)16-7-9-25-10-8-16/h3-6,11-13,16,25H,7-10H2,1-2H3,(H2,24,26,27). The summed E-state index contributed by atoms with van der Waals surface area (Å²) in [5.41, 5.74) is 9.03. The van der Waals surface area contributed by atoms with Gasteiger partial charge in [0, 0.05) is 18.6 Å². The zero-order valence-corrected chi connectivity index (χ0v) is 18.5. The van der Waals surface area contributed by atoms with Gasteiger partial charge < -0.3 is 20.2 Å². The molecule has 10 heteroatoms. The summed E-state index contributed by atoms with van der Waals surface area (Å²) in [5, 5.41) is 9.02. The van der Waals surface area contributed by atoms with Crippen LogP contribution < -0.4 is 20.7 Å². The van der Waals surface area contributed by atoms with Crippen molar-refractivity contribution in [2.45, 2.75) is 25.8 Å². The van der Waals surface area contributed by atoms with E-state index in [4.69, 9.17) is 20.0 Å². The summed E-state index contributed by atoms with van der Waals surface area (Å²) in [6.07, 6.45) is 4.91. The van der Waals surface area contributed by atoms with E-state index in [-0.39, 0.29) is 11.9 Å². The predicted molar refractivity (Wildman–Crippen MR) is 124 cm³/mol. The lowest BCUT2D eigenvalue weighted by molar-refractivity contribution is -0.116. The molecule has 1 amide bonds. The Labute approximate surface area is 190 Å². The molecule has 1 aliphatic rings. The maximum atomic E-state index is 12.4. The Kier molecular flexibility index (Phi) is 5.43. The number of carbonyl (C=O) groups excluding carboxylic acids is 1. The van der Waals surface area contributed by atoms with Gasteiger partial charge in [-0.05, 0) is 44.1 Å². The zero-order valence-electron chi connectivity index (χ0n) is 18.5. The van der Waals surface area contributed by atoms with Crippen LogP contribution in [0, 0.1) is 0 Å². The van der Waals surface area contributed by atoms with Crippen molar-refractivity contribution in [1.29, 1.82) is 0 Å². The molecule has 33 heavy (non-hydrogen) atoms. The lowest BCUT2D eigenvalue weighted by atomic mass is 10.1. The number of furan rings is 1. The van der Waals surface area contributed by atoms with E-state index in [0.717, 1.165) is 31.5 Å². The number of nitrogens with zero attached hydrogens (tertiary/aromatic N) is 5. The van der Waals surface area contributed by atoms with Crippen molar-refractivity contribution in [1.82, 2.24) is 25.1 Å². The maximum Gasteiger partial charge on any atom is 0.230 e. The fourth-order valence-electron chi connectivity index (χ4n) is 4.35. The Morgan fingerprint density at radius 3 is 2.79 bits per heavy atom. The van der Waals surface area contributed by atoms with Gasteiger partial charge in [-0.2, -0.15) is 5.10 Å². The second-order valence-corrected chi connectivity index (χ2v) is 7.92. The van der Waals surface area contributed by atoms with Crippen LogP contribution in [0.4, 0.5) is 17.4 Å². The monoisotopic (exact) mass is 447 g/mol. The van der Waals surface area contributed by atoms with Gasteiger partial charge in [-0.1, -0.05) is 6.07 Å². The number of rotatable bonds is 5. The summed E-state index contributed by atoms with van der Waals surface area (Å²) in [6.45, 7) is 3.33. The molecule has 0 spiro atoms. The second-order valence-electron chi connectivity index (χ2n) is 7.92. The van der Waals surface area contributed by atoms with Gasteiger partial charge in [0.2, 0.25) is 11.8 Å². The van der Waals surface area contributed by atoms with Gasteiger partial charge in [0.25, 0.3) is 0 Å². The van der Waals surface area contributed by atoms with Crippen LogP contribution in [-0.4, -0.2) is 45.9 Å². The van der Waals surface area contributed by atoms with Crippen molar-refractivity contribution in [2.24, 2.45) is 0 Å². The van der Waals surface area contributed by atoms with Crippen molar-refractivity contribution < 1.29 is 13.9 Å². The summed E-state index contributed by atoms with van der Waals surface area (Å²) in [4.78, 5) is 22.6. The van der Waals surface area contributed by atoms with Crippen LogP contribution in [-0.2, 0) is 4.79 Å². The topological polar surface area (TPSA) is 124 Å². The van der Waals surface area contributed by atoms with Gasteiger partial charge >= 0.3 is 0 Å². The normalized spacial score (nSPS) is 14.5. The zero-order chi connectivity index (χ0) is 22.9. The number of piperidine rings is 1. The highest BCUT2D eigenvalue weighted by molar-refractivity contribution is 6.01. The molecule has 0 atom stereocenters. The molecule has 1 fully saturated rings. The summed E-state index contributed by atoms with van der Waals surface area (Å²) in [6, 6.07) is 9.22. The van der Waals surface area contributed by atoms with Crippen LogP contribution >= 0.6 is 0 Å². The molecule has 170 valence electrons. The van der Waals surface area contributed by atoms with Gasteiger partial charge in [0.1, 0.15) is 23.6 Å². The number of ether oxygens (including phenoxy) is 1. The van der Waals surface area contributed by atoms with E-state index in [0.29, 0.717) is 39.9 Å². The van der Waals surface area contributed by atoms with E-state index in [1.807, 2.05) is 22.9 Å². The molecule has 0 bridgehead atoms. The van der Waals surface area contributed by atoms with Crippen molar-refractivity contribution in [3.8, 4) is 17.0 Å². The fourth-order valence-corrected chi connectivity index (χ4v) is 4.35. The number of anilines is 3. The number of nitrogens with two attached hydrogens (primary N) is 1. The third-order valence-electron chi connectivity index (χ3n) is 5.91. The molecule has 3 aromatic heterocycles. The number of amides is 1. The first-order valence-corrected chi connectivity index (χ1v) is 10.8. The minimum atomic E-state index is -0.200. The smallest absolute Gasteiger partial charge is 0.230 e. The van der Waals surface area contributed by atoms with Gasteiger partial charge in [-0.15, -0.1) is 0 Å². The van der Waals surface area contributed by atoms with E-state index in [9.17, 15) is 4.79 Å². The molecule has 1 aliphatic heterocycles. The quantitative estimate of drug-likeness (QED) is 0.478. The SMILES string of the molecule is COc1cc(-c2nn(C3CCNCC3)c3ncnc(N)c23)ccc1N(C(C)=O)c1ccco1. The van der Waals surface area contributed by atoms with Crippen molar-refractivity contribution in [3.63, 3.8) is 0 Å². The van der Waals surface area contributed by atoms with Crippen molar-refractivity contribution in [3.05, 3.63) is 42.9 Å². The molecule has 4 heterocycles. The number of benzene rings is 1. The molecule has 0 radical (unpaired) electrons. The first-order valence-electron chi connectivity index (χ1n) is 10.8. The highest BCUT2D eigenvalue weighted by Crippen LogP contribution is 2.40. The van der Waals surface area contributed by atoms with E-state index in [1.165, 1.54) is 24.4 Å². The van der Waals surface area contributed by atoms with Crippen LogP contribution in [0.3, 0.4) is 0 Å². The Bertz CT molecular complexity index is 1290. The van der Waals surface area contributed by atoms with E-state index < -0.39 is 0 Å². The van der Waals surface area contributed by atoms with Crippen molar-refractivity contribution >= 4 is 34.3 Å². The number of hydrogen-bond donors (Lipinski definition) is 2. The molecular formula is C23H25N7O3. The Hall–Kier alpha value is -3.92. The first-order chi connectivity index (χ1) is 16.1. The van der Waals surface area contributed by atoms with Gasteiger partial charge in [0.15, 0.2) is 5.65 Å². The Morgan fingerprint density at radius 2 is 2.09 bits per heavy atom. The molecule has 0 unspecified atom stereocenters. The molecule has 0 aliphatic carbocycles. The van der Waals surface area contributed by atoms with Crippen molar-refractivity contribution in [2.75, 3.05) is 30.8 Å². The summed E-state index contributed by atoms with van der Waals surface area (Å²) < 4.78 is 13.1. The lowest BCUT2D eigenvalue weighted by Gasteiger charge is -2.23. The second kappa shape index (κ2) is 8.55. The third kappa shape index (κ3) is 3.68. The minimum absolute atomic E-state index is 0.200. The van der Waals surface area contributed by atoms with Crippen LogP contribution in [0.15, 0.2) is 47.3 Å². The number of aromatic nitrogens is 4. The number of fused-ring (bicyclic) bond motifs is 1.